The van der Waals surface area contributed by atoms with Crippen LogP contribution in [-0.2, 0) is 0 Å². The fraction of sp³-hybridized carbons (Fsp3) is 0.500. The Bertz CT molecular complexity index is 504. The van der Waals surface area contributed by atoms with Gasteiger partial charge in [-0.2, -0.15) is 0 Å². The Labute approximate surface area is 117 Å². The lowest BCUT2D eigenvalue weighted by Gasteiger charge is -2.13. The molecule has 1 aromatic heterocycles. The number of carbonyl (C=O) groups excluding carboxylic acids is 1. The first-order valence-electron chi connectivity index (χ1n) is 6.80. The van der Waals surface area contributed by atoms with Gasteiger partial charge in [-0.15, -0.1) is 0 Å². The number of aromatic carboxylic acids is 1. The minimum atomic E-state index is -1.13. The van der Waals surface area contributed by atoms with E-state index < -0.39 is 5.97 Å². The van der Waals surface area contributed by atoms with E-state index in [4.69, 9.17) is 5.11 Å². The van der Waals surface area contributed by atoms with Crippen LogP contribution in [0.4, 0.5) is 0 Å². The van der Waals surface area contributed by atoms with Crippen molar-refractivity contribution < 1.29 is 14.7 Å². The molecule has 0 spiro atoms. The average Bonchev–Trinajstić information content (AvgIpc) is 2.93. The van der Waals surface area contributed by atoms with Gasteiger partial charge in [-0.05, 0) is 37.6 Å². The first-order valence-corrected chi connectivity index (χ1v) is 6.80. The number of carboxylic acid groups (broad SMARTS) is 1. The van der Waals surface area contributed by atoms with Gasteiger partial charge in [-0.25, -0.2) is 9.78 Å². The van der Waals surface area contributed by atoms with Crippen LogP contribution in [0.2, 0.25) is 0 Å². The number of amides is 1. The molecule has 6 nitrogen and oxygen atoms in total. The van der Waals surface area contributed by atoms with E-state index in [1.54, 1.807) is 0 Å². The van der Waals surface area contributed by atoms with E-state index in [2.05, 4.69) is 22.1 Å². The molecule has 20 heavy (non-hydrogen) atoms. The zero-order valence-electron chi connectivity index (χ0n) is 11.5. The highest BCUT2D eigenvalue weighted by Gasteiger charge is 2.21. The van der Waals surface area contributed by atoms with Crippen LogP contribution in [0.3, 0.4) is 0 Å². The second-order valence-electron chi connectivity index (χ2n) is 4.99. The molecule has 1 amide bonds. The van der Waals surface area contributed by atoms with Crippen LogP contribution in [0, 0.1) is 5.92 Å². The lowest BCUT2D eigenvalue weighted by atomic mass is 10.1. The molecule has 108 valence electrons. The molecular weight excluding hydrogens is 258 g/mol. The fourth-order valence-corrected chi connectivity index (χ4v) is 2.39. The van der Waals surface area contributed by atoms with E-state index in [1.165, 1.54) is 18.3 Å². The van der Waals surface area contributed by atoms with Gasteiger partial charge < -0.3 is 15.3 Å². The molecule has 0 saturated carbocycles. The molecule has 1 atom stereocenters. The Hall–Kier alpha value is -1.95. The summed E-state index contributed by atoms with van der Waals surface area (Å²) in [4.78, 5) is 28.8. The number of carboxylic acids is 1. The van der Waals surface area contributed by atoms with E-state index in [1.807, 2.05) is 0 Å². The molecule has 1 aliphatic rings. The predicted octanol–water partition coefficient (Wildman–Crippen LogP) is 0.851. The number of aromatic nitrogens is 1. The zero-order valence-corrected chi connectivity index (χ0v) is 11.5. The Kier molecular flexibility index (Phi) is 4.68. The number of nitrogens with one attached hydrogen (secondary N) is 1. The number of nitrogens with zero attached hydrogens (tertiary/aromatic N) is 2. The van der Waals surface area contributed by atoms with Crippen molar-refractivity contribution in [2.45, 2.75) is 13.3 Å². The lowest BCUT2D eigenvalue weighted by Crippen LogP contribution is -2.31. The predicted molar refractivity (Wildman–Crippen MR) is 73.8 cm³/mol. The molecule has 0 radical (unpaired) electrons. The molecule has 2 N–H and O–H groups in total. The maximum absolute atomic E-state index is 12.0. The lowest BCUT2D eigenvalue weighted by molar-refractivity contribution is 0.0690. The minimum absolute atomic E-state index is 0.115. The first kappa shape index (κ1) is 14.5. The number of carbonyl (C=O) groups is 2. The van der Waals surface area contributed by atoms with Crippen molar-refractivity contribution >= 4 is 11.9 Å². The summed E-state index contributed by atoms with van der Waals surface area (Å²) in [7, 11) is 0. The summed E-state index contributed by atoms with van der Waals surface area (Å²) < 4.78 is 0. The van der Waals surface area contributed by atoms with Crippen molar-refractivity contribution in [2.75, 3.05) is 26.2 Å². The quantitative estimate of drug-likeness (QED) is 0.834. The molecule has 0 bridgehead atoms. The summed E-state index contributed by atoms with van der Waals surface area (Å²) in [5.74, 6) is -0.904. The van der Waals surface area contributed by atoms with Crippen molar-refractivity contribution in [2.24, 2.45) is 5.92 Å². The third-order valence-electron chi connectivity index (χ3n) is 3.61. The highest BCUT2D eigenvalue weighted by atomic mass is 16.4. The molecule has 2 heterocycles. The van der Waals surface area contributed by atoms with Crippen LogP contribution in [0.1, 0.15) is 34.2 Å². The van der Waals surface area contributed by atoms with Crippen LogP contribution in [0.5, 0.6) is 0 Å². The largest absolute Gasteiger partial charge is 0.477 e. The molecule has 2 rings (SSSR count). The highest BCUT2D eigenvalue weighted by molar-refractivity contribution is 5.96. The van der Waals surface area contributed by atoms with Crippen molar-refractivity contribution in [1.29, 1.82) is 0 Å². The fourth-order valence-electron chi connectivity index (χ4n) is 2.39. The Morgan fingerprint density at radius 3 is 3.00 bits per heavy atom. The maximum Gasteiger partial charge on any atom is 0.354 e. The number of rotatable bonds is 5. The van der Waals surface area contributed by atoms with Gasteiger partial charge >= 0.3 is 5.97 Å². The zero-order chi connectivity index (χ0) is 14.5. The first-order chi connectivity index (χ1) is 9.60. The standard InChI is InChI=1S/C14H19N3O3/c1-2-17-6-4-10(9-17)8-16-13(18)11-3-5-15-12(7-11)14(19)20/h3,5,7,10H,2,4,6,8-9H2,1H3,(H,16,18)(H,19,20). The number of hydrogen-bond acceptors (Lipinski definition) is 4. The third-order valence-corrected chi connectivity index (χ3v) is 3.61. The van der Waals surface area contributed by atoms with Gasteiger partial charge in [0.25, 0.3) is 5.91 Å². The number of pyridine rings is 1. The Balaban J connectivity index is 1.89. The molecule has 1 unspecified atom stereocenters. The third kappa shape index (κ3) is 3.54. The van der Waals surface area contributed by atoms with E-state index in [9.17, 15) is 9.59 Å². The second-order valence-corrected chi connectivity index (χ2v) is 4.99. The van der Waals surface area contributed by atoms with E-state index >= 15 is 0 Å². The van der Waals surface area contributed by atoms with Crippen molar-refractivity contribution in [3.05, 3.63) is 29.6 Å². The maximum atomic E-state index is 12.0. The molecule has 0 aliphatic carbocycles. The summed E-state index contributed by atoms with van der Waals surface area (Å²) in [5.41, 5.74) is 0.221. The summed E-state index contributed by atoms with van der Waals surface area (Å²) in [6, 6.07) is 2.82. The monoisotopic (exact) mass is 277 g/mol. The van der Waals surface area contributed by atoms with E-state index in [0.717, 1.165) is 26.1 Å². The van der Waals surface area contributed by atoms with E-state index in [-0.39, 0.29) is 11.6 Å². The highest BCUT2D eigenvalue weighted by Crippen LogP contribution is 2.14. The van der Waals surface area contributed by atoms with Crippen LogP contribution >= 0.6 is 0 Å². The summed E-state index contributed by atoms with van der Waals surface area (Å²) in [5, 5.41) is 11.7. The molecule has 1 saturated heterocycles. The number of hydrogen-bond donors (Lipinski definition) is 2. The van der Waals surface area contributed by atoms with Gasteiger partial charge in [0.2, 0.25) is 0 Å². The topological polar surface area (TPSA) is 82.5 Å². The van der Waals surface area contributed by atoms with E-state index in [0.29, 0.717) is 18.0 Å². The summed E-state index contributed by atoms with van der Waals surface area (Å²) in [6.45, 7) is 5.88. The normalized spacial score (nSPS) is 18.9. The second kappa shape index (κ2) is 6.47. The molecule has 1 aliphatic heterocycles. The van der Waals surface area contributed by atoms with Gasteiger partial charge in [0.1, 0.15) is 5.69 Å². The molecule has 1 aromatic rings. The van der Waals surface area contributed by atoms with Crippen LogP contribution in [-0.4, -0.2) is 53.0 Å². The summed E-state index contributed by atoms with van der Waals surface area (Å²) in [6.07, 6.45) is 2.43. The van der Waals surface area contributed by atoms with Gasteiger partial charge in [0, 0.05) is 24.8 Å². The van der Waals surface area contributed by atoms with Crippen molar-refractivity contribution in [1.82, 2.24) is 15.2 Å². The van der Waals surface area contributed by atoms with Gasteiger partial charge in [0.05, 0.1) is 0 Å². The van der Waals surface area contributed by atoms with Gasteiger partial charge in [0.15, 0.2) is 0 Å². The van der Waals surface area contributed by atoms with Gasteiger partial charge in [-0.1, -0.05) is 6.92 Å². The number of likely N-dealkylation sites (tertiary alicyclic amines) is 1. The molecule has 1 fully saturated rings. The molecule has 6 heteroatoms. The minimum Gasteiger partial charge on any atom is -0.477 e. The van der Waals surface area contributed by atoms with Crippen molar-refractivity contribution in [3.63, 3.8) is 0 Å². The Morgan fingerprint density at radius 2 is 2.35 bits per heavy atom. The van der Waals surface area contributed by atoms with Crippen LogP contribution in [0.15, 0.2) is 18.3 Å². The summed E-state index contributed by atoms with van der Waals surface area (Å²) >= 11 is 0. The van der Waals surface area contributed by atoms with Crippen LogP contribution in [0.25, 0.3) is 0 Å². The molecular formula is C14H19N3O3. The van der Waals surface area contributed by atoms with Crippen LogP contribution < -0.4 is 5.32 Å². The molecule has 0 aromatic carbocycles. The van der Waals surface area contributed by atoms with Crippen molar-refractivity contribution in [3.8, 4) is 0 Å². The Morgan fingerprint density at radius 1 is 1.55 bits per heavy atom. The smallest absolute Gasteiger partial charge is 0.354 e. The van der Waals surface area contributed by atoms with Gasteiger partial charge in [-0.3, -0.25) is 4.79 Å². The SMILES string of the molecule is CCN1CCC(CNC(=O)c2ccnc(C(=O)O)c2)C1. The average molecular weight is 277 g/mol.